The molecule has 0 saturated heterocycles. The molecule has 1 aromatic carbocycles. The smallest absolute Gasteiger partial charge is 0.325 e. The molecule has 4 N–H and O–H groups in total. The molecule has 0 aliphatic carbocycles. The second-order valence-corrected chi connectivity index (χ2v) is 6.29. The van der Waals surface area contributed by atoms with Crippen LogP contribution in [-0.2, 0) is 14.8 Å². The molecule has 0 aliphatic rings. The molecular formula is C13H14N4O6S. The Morgan fingerprint density at radius 3 is 2.54 bits per heavy atom. The fourth-order valence-corrected chi connectivity index (χ4v) is 2.93. The lowest BCUT2D eigenvalue weighted by molar-refractivity contribution is -0.114. The van der Waals surface area contributed by atoms with Crippen molar-refractivity contribution in [1.29, 1.82) is 0 Å². The predicted octanol–water partition coefficient (Wildman–Crippen LogP) is -0.169. The zero-order valence-electron chi connectivity index (χ0n) is 12.7. The number of sulfonamides is 1. The van der Waals surface area contributed by atoms with E-state index in [2.05, 4.69) is 15.0 Å². The molecule has 0 bridgehead atoms. The van der Waals surface area contributed by atoms with Crippen LogP contribution >= 0.6 is 0 Å². The van der Waals surface area contributed by atoms with E-state index in [0.717, 1.165) is 6.20 Å². The Hall–Kier alpha value is -3.08. The van der Waals surface area contributed by atoms with Crippen molar-refractivity contribution in [2.75, 3.05) is 17.1 Å². The van der Waals surface area contributed by atoms with Crippen molar-refractivity contribution >= 4 is 27.3 Å². The average Bonchev–Trinajstić information content (AvgIpc) is 2.46. The summed E-state index contributed by atoms with van der Waals surface area (Å²) >= 11 is 0. The van der Waals surface area contributed by atoms with Gasteiger partial charge in [0.05, 0.1) is 12.8 Å². The van der Waals surface area contributed by atoms with Gasteiger partial charge in [0.25, 0.3) is 15.6 Å². The number of carbonyl (C=O) groups excluding carboxylic acids is 1. The van der Waals surface area contributed by atoms with Crippen molar-refractivity contribution in [3.63, 3.8) is 0 Å². The number of hydrogen-bond donors (Lipinski definition) is 4. The largest absolute Gasteiger partial charge is 0.495 e. The number of nitrogens with one attached hydrogen (secondary N) is 4. The third kappa shape index (κ3) is 3.81. The molecule has 10 nitrogen and oxygen atoms in total. The number of anilines is 2. The quantitative estimate of drug-likeness (QED) is 0.585. The van der Waals surface area contributed by atoms with Crippen LogP contribution in [0.15, 0.2) is 38.9 Å². The lowest BCUT2D eigenvalue weighted by Crippen LogP contribution is -2.29. The first-order valence-corrected chi connectivity index (χ1v) is 8.01. The van der Waals surface area contributed by atoms with Crippen LogP contribution in [0.2, 0.25) is 0 Å². The number of hydrogen-bond acceptors (Lipinski definition) is 6. The highest BCUT2D eigenvalue weighted by atomic mass is 32.2. The Morgan fingerprint density at radius 1 is 1.25 bits per heavy atom. The fourth-order valence-electron chi connectivity index (χ4n) is 1.87. The van der Waals surface area contributed by atoms with Gasteiger partial charge in [0.2, 0.25) is 5.91 Å². The third-order valence-corrected chi connectivity index (χ3v) is 4.21. The van der Waals surface area contributed by atoms with Gasteiger partial charge >= 0.3 is 5.69 Å². The first-order chi connectivity index (χ1) is 11.2. The van der Waals surface area contributed by atoms with Crippen LogP contribution in [-0.4, -0.2) is 31.4 Å². The molecule has 1 heterocycles. The van der Waals surface area contributed by atoms with Crippen LogP contribution in [0.4, 0.5) is 11.4 Å². The minimum atomic E-state index is -4.30. The standard InChI is InChI=1S/C13H14N4O6S/c1-7(18)15-8-3-4-10(23-2)9(5-8)17-24(21,22)11-6-14-13(20)16-12(11)19/h3-6,17H,1-2H3,(H,15,18)(H2,14,16,19,20). The number of aromatic nitrogens is 2. The van der Waals surface area contributed by atoms with E-state index in [0.29, 0.717) is 5.69 Å². The zero-order chi connectivity index (χ0) is 17.9. The fraction of sp³-hybridized carbons (Fsp3) is 0.154. The van der Waals surface area contributed by atoms with E-state index in [1.54, 1.807) is 0 Å². The molecule has 0 radical (unpaired) electrons. The van der Waals surface area contributed by atoms with Gasteiger partial charge in [0, 0.05) is 18.8 Å². The van der Waals surface area contributed by atoms with Gasteiger partial charge in [-0.25, -0.2) is 13.2 Å². The lowest BCUT2D eigenvalue weighted by atomic mass is 10.2. The molecular weight excluding hydrogens is 340 g/mol. The maximum atomic E-state index is 12.3. The van der Waals surface area contributed by atoms with Crippen molar-refractivity contribution < 1.29 is 17.9 Å². The number of benzene rings is 1. The third-order valence-electron chi connectivity index (χ3n) is 2.84. The van der Waals surface area contributed by atoms with Crippen LogP contribution in [0.25, 0.3) is 0 Å². The number of rotatable bonds is 5. The van der Waals surface area contributed by atoms with Gasteiger partial charge in [0.1, 0.15) is 5.75 Å². The molecule has 2 rings (SSSR count). The molecule has 0 atom stereocenters. The van der Waals surface area contributed by atoms with Gasteiger partial charge in [-0.1, -0.05) is 0 Å². The Bertz CT molecular complexity index is 992. The summed E-state index contributed by atoms with van der Waals surface area (Å²) in [7, 11) is -2.96. The van der Waals surface area contributed by atoms with Gasteiger partial charge in [-0.2, -0.15) is 0 Å². The molecule has 0 saturated carbocycles. The van der Waals surface area contributed by atoms with Crippen LogP contribution in [0, 0.1) is 0 Å². The van der Waals surface area contributed by atoms with Crippen molar-refractivity contribution in [2.45, 2.75) is 11.8 Å². The Labute approximate surface area is 135 Å². The van der Waals surface area contributed by atoms with E-state index in [9.17, 15) is 22.8 Å². The molecule has 1 amide bonds. The van der Waals surface area contributed by atoms with Gasteiger partial charge in [-0.05, 0) is 18.2 Å². The van der Waals surface area contributed by atoms with Crippen LogP contribution < -0.4 is 26.0 Å². The highest BCUT2D eigenvalue weighted by Crippen LogP contribution is 2.29. The molecule has 11 heteroatoms. The summed E-state index contributed by atoms with van der Waals surface area (Å²) in [6, 6.07) is 4.29. The Balaban J connectivity index is 2.46. The van der Waals surface area contributed by atoms with Crippen molar-refractivity contribution in [3.05, 3.63) is 45.2 Å². The molecule has 1 aromatic heterocycles. The van der Waals surface area contributed by atoms with Crippen LogP contribution in [0.1, 0.15) is 6.92 Å². The number of methoxy groups -OCH3 is 1. The zero-order valence-corrected chi connectivity index (χ0v) is 13.5. The molecule has 0 fully saturated rings. The van der Waals surface area contributed by atoms with E-state index >= 15 is 0 Å². The number of ether oxygens (including phenoxy) is 1. The van der Waals surface area contributed by atoms with Crippen LogP contribution in [0.5, 0.6) is 5.75 Å². The number of aromatic amines is 2. The van der Waals surface area contributed by atoms with E-state index < -0.39 is 26.2 Å². The summed E-state index contributed by atoms with van der Waals surface area (Å²) in [4.78, 5) is 37.0. The van der Waals surface area contributed by atoms with E-state index in [4.69, 9.17) is 4.74 Å². The molecule has 128 valence electrons. The summed E-state index contributed by atoms with van der Waals surface area (Å²) in [5.41, 5.74) is -1.56. The Morgan fingerprint density at radius 2 is 1.96 bits per heavy atom. The second kappa shape index (κ2) is 6.58. The predicted molar refractivity (Wildman–Crippen MR) is 85.8 cm³/mol. The van der Waals surface area contributed by atoms with Gasteiger partial charge in [-0.15, -0.1) is 0 Å². The molecule has 2 aromatic rings. The SMILES string of the molecule is COc1ccc(NC(C)=O)cc1NS(=O)(=O)c1c[nH]c(=O)[nH]c1=O. The minimum absolute atomic E-state index is 0.00866. The number of amides is 1. The topological polar surface area (TPSA) is 150 Å². The van der Waals surface area contributed by atoms with Crippen LogP contribution in [0.3, 0.4) is 0 Å². The molecule has 24 heavy (non-hydrogen) atoms. The van der Waals surface area contributed by atoms with E-state index in [1.165, 1.54) is 32.2 Å². The second-order valence-electron chi connectivity index (χ2n) is 4.64. The maximum absolute atomic E-state index is 12.3. The molecule has 0 unspecified atom stereocenters. The maximum Gasteiger partial charge on any atom is 0.325 e. The molecule has 0 spiro atoms. The normalized spacial score (nSPS) is 10.9. The first-order valence-electron chi connectivity index (χ1n) is 6.53. The summed E-state index contributed by atoms with van der Waals surface area (Å²) in [5, 5.41) is 2.50. The van der Waals surface area contributed by atoms with Crippen molar-refractivity contribution in [3.8, 4) is 5.75 Å². The summed E-state index contributed by atoms with van der Waals surface area (Å²) in [5.74, 6) is -0.167. The highest BCUT2D eigenvalue weighted by molar-refractivity contribution is 7.92. The summed E-state index contributed by atoms with van der Waals surface area (Å²) < 4.78 is 31.9. The molecule has 0 aliphatic heterocycles. The first kappa shape index (κ1) is 17.3. The number of carbonyl (C=O) groups is 1. The lowest BCUT2D eigenvalue weighted by Gasteiger charge is -2.13. The van der Waals surface area contributed by atoms with Crippen molar-refractivity contribution in [2.24, 2.45) is 0 Å². The van der Waals surface area contributed by atoms with E-state index in [1.807, 2.05) is 4.98 Å². The average molecular weight is 354 g/mol. The number of H-pyrrole nitrogens is 2. The van der Waals surface area contributed by atoms with Gasteiger partial charge in [-0.3, -0.25) is 19.3 Å². The summed E-state index contributed by atoms with van der Waals surface area (Å²) in [6.45, 7) is 1.30. The monoisotopic (exact) mass is 354 g/mol. The Kier molecular flexibility index (Phi) is 4.74. The van der Waals surface area contributed by atoms with Gasteiger partial charge in [0.15, 0.2) is 4.90 Å². The van der Waals surface area contributed by atoms with Gasteiger partial charge < -0.3 is 15.0 Å². The van der Waals surface area contributed by atoms with Crippen molar-refractivity contribution in [1.82, 2.24) is 9.97 Å². The minimum Gasteiger partial charge on any atom is -0.495 e. The highest BCUT2D eigenvalue weighted by Gasteiger charge is 2.21. The van der Waals surface area contributed by atoms with E-state index in [-0.39, 0.29) is 17.3 Å². The summed E-state index contributed by atoms with van der Waals surface area (Å²) in [6.07, 6.45) is 0.785.